The van der Waals surface area contributed by atoms with Gasteiger partial charge in [0.25, 0.3) is 5.91 Å². The van der Waals surface area contributed by atoms with Crippen LogP contribution in [0, 0.1) is 12.7 Å². The third kappa shape index (κ3) is 4.28. The summed E-state index contributed by atoms with van der Waals surface area (Å²) in [6.07, 6.45) is 1.53. The molecule has 0 radical (unpaired) electrons. The van der Waals surface area contributed by atoms with Crippen molar-refractivity contribution in [3.63, 3.8) is 0 Å². The van der Waals surface area contributed by atoms with Crippen LogP contribution in [-0.4, -0.2) is 20.8 Å². The normalized spacial score (nSPS) is 10.8. The molecule has 0 unspecified atom stereocenters. The molecule has 0 atom stereocenters. The maximum Gasteiger partial charge on any atom is 0.274 e. The minimum absolute atomic E-state index is 0.0230. The molecule has 2 heterocycles. The van der Waals surface area contributed by atoms with Crippen molar-refractivity contribution in [1.29, 1.82) is 0 Å². The topological polar surface area (TPSA) is 82.2 Å². The number of nitrogens with one attached hydrogen (secondary N) is 1. The first-order valence-electron chi connectivity index (χ1n) is 8.31. The summed E-state index contributed by atoms with van der Waals surface area (Å²) in [6.45, 7) is 4.46. The number of benzene rings is 1. The summed E-state index contributed by atoms with van der Waals surface area (Å²) in [5.74, 6) is -0.0321. The molecule has 0 spiro atoms. The second-order valence-corrected chi connectivity index (χ2v) is 6.16. The number of hydrogen-bond donors (Lipinski definition) is 1. The molecule has 1 amide bonds. The van der Waals surface area contributed by atoms with E-state index in [1.54, 1.807) is 23.7 Å². The molecule has 2 aromatic heterocycles. The molecule has 0 aliphatic rings. The zero-order chi connectivity index (χ0) is 19.4. The van der Waals surface area contributed by atoms with Crippen LogP contribution in [-0.2, 0) is 19.7 Å². The lowest BCUT2D eigenvalue weighted by Crippen LogP contribution is -2.26. The van der Waals surface area contributed by atoms with Crippen LogP contribution in [0.25, 0.3) is 0 Å². The Balaban J connectivity index is 1.69. The number of ether oxygens (including phenoxy) is 1. The van der Waals surface area contributed by atoms with Crippen molar-refractivity contribution in [2.24, 2.45) is 0 Å². The minimum atomic E-state index is -0.426. The van der Waals surface area contributed by atoms with Crippen LogP contribution in [0.1, 0.15) is 34.4 Å². The summed E-state index contributed by atoms with van der Waals surface area (Å²) in [5.41, 5.74) is 1.31. The Morgan fingerprint density at radius 3 is 3.00 bits per heavy atom. The summed E-state index contributed by atoms with van der Waals surface area (Å²) in [6, 6.07) is 5.75. The zero-order valence-corrected chi connectivity index (χ0v) is 15.6. The van der Waals surface area contributed by atoms with Gasteiger partial charge in [-0.05, 0) is 26.0 Å². The van der Waals surface area contributed by atoms with Gasteiger partial charge < -0.3 is 14.6 Å². The Kier molecular flexibility index (Phi) is 5.75. The smallest absolute Gasteiger partial charge is 0.274 e. The first-order chi connectivity index (χ1) is 13.0. The second kappa shape index (κ2) is 8.22. The molecular weight excluding hydrogens is 375 g/mol. The van der Waals surface area contributed by atoms with Crippen molar-refractivity contribution in [3.05, 3.63) is 64.0 Å². The number of aromatic nitrogens is 3. The number of nitrogens with zero attached hydrogens (tertiary/aromatic N) is 3. The molecule has 0 fully saturated rings. The largest absolute Gasteiger partial charge is 0.489 e. The third-order valence-corrected chi connectivity index (χ3v) is 4.31. The molecule has 3 aromatic rings. The first kappa shape index (κ1) is 18.9. The van der Waals surface area contributed by atoms with Crippen molar-refractivity contribution in [3.8, 4) is 5.75 Å². The minimum Gasteiger partial charge on any atom is -0.489 e. The highest BCUT2D eigenvalue weighted by atomic mass is 35.5. The molecule has 1 N–H and O–H groups in total. The van der Waals surface area contributed by atoms with Gasteiger partial charge in [0.1, 0.15) is 23.9 Å². The number of carbonyl (C=O) groups is 1. The van der Waals surface area contributed by atoms with Gasteiger partial charge in [-0.25, -0.2) is 4.39 Å². The van der Waals surface area contributed by atoms with Crippen LogP contribution in [0.15, 0.2) is 35.0 Å². The van der Waals surface area contributed by atoms with Crippen LogP contribution in [0.4, 0.5) is 4.39 Å². The van der Waals surface area contributed by atoms with Crippen molar-refractivity contribution < 1.29 is 18.4 Å². The Bertz CT molecular complexity index is 954. The van der Waals surface area contributed by atoms with Gasteiger partial charge in [0.05, 0.1) is 29.0 Å². The van der Waals surface area contributed by atoms with Crippen molar-refractivity contribution in [1.82, 2.24) is 20.3 Å². The number of carbonyl (C=O) groups excluding carboxylic acids is 1. The quantitative estimate of drug-likeness (QED) is 0.665. The Morgan fingerprint density at radius 1 is 1.44 bits per heavy atom. The van der Waals surface area contributed by atoms with Crippen LogP contribution in [0.5, 0.6) is 5.75 Å². The zero-order valence-electron chi connectivity index (χ0n) is 14.8. The molecule has 142 valence electrons. The summed E-state index contributed by atoms with van der Waals surface area (Å²) < 4.78 is 25.6. The molecule has 9 heteroatoms. The number of halogens is 2. The highest BCUT2D eigenvalue weighted by Crippen LogP contribution is 2.19. The molecule has 0 aliphatic carbocycles. The molecule has 0 saturated heterocycles. The average molecular weight is 393 g/mol. The Hall–Kier alpha value is -2.87. The van der Waals surface area contributed by atoms with E-state index in [1.165, 1.54) is 18.3 Å². The van der Waals surface area contributed by atoms with Crippen LogP contribution < -0.4 is 10.1 Å². The Labute approximate surface area is 160 Å². The summed E-state index contributed by atoms with van der Waals surface area (Å²) in [4.78, 5) is 12.5. The standard InChI is InChI=1S/C18H18ClFN4O3/c1-3-24-16(15(19)8-22-24)9-21-18(25)17-14(11(2)27-23-17)10-26-13-6-4-5-12(20)7-13/h4-8H,3,9-10H2,1-2H3,(H,21,25). The van der Waals surface area contributed by atoms with Gasteiger partial charge in [-0.2, -0.15) is 5.10 Å². The third-order valence-electron chi connectivity index (χ3n) is 3.99. The van der Waals surface area contributed by atoms with E-state index >= 15 is 0 Å². The molecule has 0 saturated carbocycles. The highest BCUT2D eigenvalue weighted by Gasteiger charge is 2.21. The van der Waals surface area contributed by atoms with Crippen molar-refractivity contribution >= 4 is 17.5 Å². The molecule has 0 bridgehead atoms. The fourth-order valence-corrected chi connectivity index (χ4v) is 2.74. The van der Waals surface area contributed by atoms with Gasteiger partial charge in [0.15, 0.2) is 5.69 Å². The van der Waals surface area contributed by atoms with Crippen molar-refractivity contribution in [2.45, 2.75) is 33.5 Å². The number of amides is 1. The van der Waals surface area contributed by atoms with E-state index in [4.69, 9.17) is 20.9 Å². The summed E-state index contributed by atoms with van der Waals surface area (Å²) in [5, 5.41) is 11.2. The maximum atomic E-state index is 13.3. The van der Waals surface area contributed by atoms with Crippen LogP contribution >= 0.6 is 11.6 Å². The predicted molar refractivity (Wildman–Crippen MR) is 96.1 cm³/mol. The van der Waals surface area contributed by atoms with E-state index < -0.39 is 11.7 Å². The van der Waals surface area contributed by atoms with Crippen LogP contribution in [0.2, 0.25) is 5.02 Å². The molecule has 3 rings (SSSR count). The molecule has 1 aromatic carbocycles. The average Bonchev–Trinajstić information content (AvgIpc) is 3.20. The van der Waals surface area contributed by atoms with Gasteiger partial charge in [-0.1, -0.05) is 22.8 Å². The SMILES string of the molecule is CCn1ncc(Cl)c1CNC(=O)c1noc(C)c1COc1cccc(F)c1. The lowest BCUT2D eigenvalue weighted by molar-refractivity contribution is 0.0938. The summed E-state index contributed by atoms with van der Waals surface area (Å²) >= 11 is 6.10. The van der Waals surface area contributed by atoms with E-state index in [0.717, 1.165) is 0 Å². The van der Waals surface area contributed by atoms with Gasteiger partial charge >= 0.3 is 0 Å². The number of aryl methyl sites for hydroxylation is 2. The van der Waals surface area contributed by atoms with Gasteiger partial charge in [-0.15, -0.1) is 0 Å². The van der Waals surface area contributed by atoms with Gasteiger partial charge in [0, 0.05) is 12.6 Å². The fraction of sp³-hybridized carbons (Fsp3) is 0.278. The van der Waals surface area contributed by atoms with E-state index in [0.29, 0.717) is 34.3 Å². The van der Waals surface area contributed by atoms with E-state index in [9.17, 15) is 9.18 Å². The van der Waals surface area contributed by atoms with Gasteiger partial charge in [-0.3, -0.25) is 9.48 Å². The first-order valence-corrected chi connectivity index (χ1v) is 8.69. The lowest BCUT2D eigenvalue weighted by Gasteiger charge is -2.08. The van der Waals surface area contributed by atoms with Gasteiger partial charge in [0.2, 0.25) is 0 Å². The number of hydrogen-bond acceptors (Lipinski definition) is 5. The summed E-state index contributed by atoms with van der Waals surface area (Å²) in [7, 11) is 0. The number of rotatable bonds is 7. The molecule has 27 heavy (non-hydrogen) atoms. The highest BCUT2D eigenvalue weighted by molar-refractivity contribution is 6.31. The maximum absolute atomic E-state index is 13.3. The monoisotopic (exact) mass is 392 g/mol. The molecule has 0 aliphatic heterocycles. The Morgan fingerprint density at radius 2 is 2.26 bits per heavy atom. The molecule has 7 nitrogen and oxygen atoms in total. The van der Waals surface area contributed by atoms with Crippen LogP contribution in [0.3, 0.4) is 0 Å². The van der Waals surface area contributed by atoms with E-state index in [-0.39, 0.29) is 18.8 Å². The lowest BCUT2D eigenvalue weighted by atomic mass is 10.2. The predicted octanol–water partition coefficient (Wildman–Crippen LogP) is 3.50. The fourth-order valence-electron chi connectivity index (χ4n) is 2.54. The molecular formula is C18H18ClFN4O3. The van der Waals surface area contributed by atoms with Crippen molar-refractivity contribution in [2.75, 3.05) is 0 Å². The van der Waals surface area contributed by atoms with E-state index in [1.807, 2.05) is 6.92 Å². The second-order valence-electron chi connectivity index (χ2n) is 5.75. The van der Waals surface area contributed by atoms with E-state index in [2.05, 4.69) is 15.6 Å².